The molecule has 1 aliphatic heterocycles. The number of hydrogen-bond acceptors (Lipinski definition) is 3. The highest BCUT2D eigenvalue weighted by atomic mass is 16.5. The summed E-state index contributed by atoms with van der Waals surface area (Å²) >= 11 is 0. The van der Waals surface area contributed by atoms with Crippen molar-refractivity contribution in [2.45, 2.75) is 156 Å². The van der Waals surface area contributed by atoms with Crippen molar-refractivity contribution in [2.75, 3.05) is 0 Å². The molecule has 6 rings (SSSR count). The summed E-state index contributed by atoms with van der Waals surface area (Å²) in [5, 5.41) is 12.1. The summed E-state index contributed by atoms with van der Waals surface area (Å²) in [6.07, 6.45) is 15.3. The van der Waals surface area contributed by atoms with E-state index in [2.05, 4.69) is 68.4 Å². The van der Waals surface area contributed by atoms with Crippen molar-refractivity contribution in [3.05, 3.63) is 11.6 Å². The quantitative estimate of drug-likeness (QED) is 0.387. The smallest absolute Gasteiger partial charge is 0.0941 e. The lowest BCUT2D eigenvalue weighted by Gasteiger charge is -2.70. The Balaban J connectivity index is 1.33. The van der Waals surface area contributed by atoms with Crippen LogP contribution in [0.3, 0.4) is 0 Å². The molecule has 0 aromatic rings. The lowest BCUT2D eigenvalue weighted by atomic mass is 9.34. The third-order valence-electron chi connectivity index (χ3n) is 14.0. The van der Waals surface area contributed by atoms with Crippen molar-refractivity contribution in [1.29, 1.82) is 0 Å². The van der Waals surface area contributed by atoms with Crippen molar-refractivity contribution in [2.24, 2.45) is 45.3 Å². The molecule has 0 amide bonds. The average Bonchev–Trinajstić information content (AvgIpc) is 3.38. The molecule has 210 valence electrons. The fraction of sp³-hybridized carbons (Fsp3) is 0.941. The lowest BCUT2D eigenvalue weighted by molar-refractivity contribution is -0.239. The average molecular weight is 513 g/mol. The van der Waals surface area contributed by atoms with Crippen molar-refractivity contribution in [3.63, 3.8) is 0 Å². The normalized spacial score (nSPS) is 55.4. The second-order valence-electron chi connectivity index (χ2n) is 16.5. The molecule has 9 unspecified atom stereocenters. The van der Waals surface area contributed by atoms with Crippen LogP contribution in [0.4, 0.5) is 0 Å². The van der Waals surface area contributed by atoms with Crippen LogP contribution in [-0.2, 0) is 9.47 Å². The van der Waals surface area contributed by atoms with E-state index >= 15 is 0 Å². The Hall–Kier alpha value is -0.380. The van der Waals surface area contributed by atoms with Crippen molar-refractivity contribution < 1.29 is 14.6 Å². The van der Waals surface area contributed by atoms with E-state index < -0.39 is 5.60 Å². The van der Waals surface area contributed by atoms with Gasteiger partial charge >= 0.3 is 0 Å². The molecule has 1 N–H and O–H groups in total. The van der Waals surface area contributed by atoms with Crippen LogP contribution in [0.5, 0.6) is 0 Å². The molecule has 0 aromatic heterocycles. The maximum Gasteiger partial charge on any atom is 0.0941 e. The monoisotopic (exact) mass is 512 g/mol. The van der Waals surface area contributed by atoms with E-state index in [0.29, 0.717) is 40.3 Å². The molecule has 0 aromatic carbocycles. The molecule has 1 heterocycles. The zero-order valence-corrected chi connectivity index (χ0v) is 25.5. The van der Waals surface area contributed by atoms with E-state index in [-0.39, 0.29) is 17.1 Å². The highest BCUT2D eigenvalue weighted by molar-refractivity contribution is 5.30. The van der Waals surface area contributed by atoms with Gasteiger partial charge in [-0.25, -0.2) is 0 Å². The number of hydrogen-bond donors (Lipinski definition) is 1. The fourth-order valence-corrected chi connectivity index (χ4v) is 12.8. The summed E-state index contributed by atoms with van der Waals surface area (Å²) in [5.41, 5.74) is 1.81. The molecule has 5 aliphatic carbocycles. The highest BCUT2D eigenvalue weighted by Gasteiger charge is 2.81. The Morgan fingerprint density at radius 3 is 2.35 bits per heavy atom. The van der Waals surface area contributed by atoms with Gasteiger partial charge in [0.1, 0.15) is 0 Å². The molecule has 11 atom stereocenters. The number of allylic oxidation sites excluding steroid dienone is 1. The van der Waals surface area contributed by atoms with Crippen LogP contribution in [-0.4, -0.2) is 34.6 Å². The maximum absolute atomic E-state index is 12.1. The van der Waals surface area contributed by atoms with Crippen LogP contribution in [0.15, 0.2) is 11.6 Å². The van der Waals surface area contributed by atoms with E-state index in [9.17, 15) is 5.11 Å². The third kappa shape index (κ3) is 3.29. The van der Waals surface area contributed by atoms with Crippen LogP contribution >= 0.6 is 0 Å². The minimum absolute atomic E-state index is 0.0562. The van der Waals surface area contributed by atoms with Gasteiger partial charge in [-0.3, -0.25) is 0 Å². The fourth-order valence-electron chi connectivity index (χ4n) is 12.8. The zero-order valence-electron chi connectivity index (χ0n) is 25.5. The summed E-state index contributed by atoms with van der Waals surface area (Å²) in [6, 6.07) is 0. The minimum atomic E-state index is -0.725. The molecule has 0 radical (unpaired) electrons. The Labute approximate surface area is 227 Å². The molecule has 37 heavy (non-hydrogen) atoms. The molecule has 5 saturated carbocycles. The molecular formula is C34H56O3. The molecule has 3 nitrogen and oxygen atoms in total. The van der Waals surface area contributed by atoms with E-state index in [1.165, 1.54) is 56.9 Å². The summed E-state index contributed by atoms with van der Waals surface area (Å²) in [7, 11) is 0. The SMILES string of the molecule is CC(C)=CCC1OC23CCC4(C2)C(CCC2C4(C)CCC4C(C)(C)[C@@H](OC(C)C)CC[C@@]42C)C3C1(C)O. The summed E-state index contributed by atoms with van der Waals surface area (Å²) in [6.45, 7) is 21.3. The second-order valence-corrected chi connectivity index (χ2v) is 16.5. The molecular weight excluding hydrogens is 456 g/mol. The predicted molar refractivity (Wildman–Crippen MR) is 150 cm³/mol. The topological polar surface area (TPSA) is 38.7 Å². The largest absolute Gasteiger partial charge is 0.387 e. The first-order chi connectivity index (χ1) is 17.1. The third-order valence-corrected chi connectivity index (χ3v) is 14.0. The Kier molecular flexibility index (Phi) is 5.87. The Morgan fingerprint density at radius 2 is 1.68 bits per heavy atom. The second kappa shape index (κ2) is 8.10. The van der Waals surface area contributed by atoms with E-state index in [4.69, 9.17) is 9.47 Å². The van der Waals surface area contributed by atoms with Gasteiger partial charge in [0, 0.05) is 5.92 Å². The van der Waals surface area contributed by atoms with Gasteiger partial charge in [0.2, 0.25) is 0 Å². The van der Waals surface area contributed by atoms with Gasteiger partial charge in [0.25, 0.3) is 0 Å². The summed E-state index contributed by atoms with van der Waals surface area (Å²) < 4.78 is 13.6. The summed E-state index contributed by atoms with van der Waals surface area (Å²) in [4.78, 5) is 0. The van der Waals surface area contributed by atoms with Crippen LogP contribution in [0.2, 0.25) is 0 Å². The van der Waals surface area contributed by atoms with Gasteiger partial charge in [0.05, 0.1) is 29.5 Å². The van der Waals surface area contributed by atoms with Gasteiger partial charge in [-0.15, -0.1) is 0 Å². The molecule has 1 saturated heterocycles. The predicted octanol–water partition coefficient (Wildman–Crippen LogP) is 8.09. The zero-order chi connectivity index (χ0) is 26.8. The van der Waals surface area contributed by atoms with Crippen molar-refractivity contribution in [1.82, 2.24) is 0 Å². The number of aliphatic hydroxyl groups is 1. The number of rotatable bonds is 4. The van der Waals surface area contributed by atoms with Crippen LogP contribution in [0.25, 0.3) is 0 Å². The maximum atomic E-state index is 12.1. The molecule has 2 spiro atoms. The van der Waals surface area contributed by atoms with Crippen molar-refractivity contribution in [3.8, 4) is 0 Å². The molecule has 2 bridgehead atoms. The molecule has 6 fully saturated rings. The highest BCUT2D eigenvalue weighted by Crippen LogP contribution is 2.82. The van der Waals surface area contributed by atoms with Crippen molar-refractivity contribution >= 4 is 0 Å². The van der Waals surface area contributed by atoms with Gasteiger partial charge in [-0.2, -0.15) is 0 Å². The van der Waals surface area contributed by atoms with Crippen LogP contribution in [0, 0.1) is 45.3 Å². The summed E-state index contributed by atoms with van der Waals surface area (Å²) in [5.74, 6) is 2.42. The van der Waals surface area contributed by atoms with E-state index in [1.807, 2.05) is 0 Å². The van der Waals surface area contributed by atoms with Gasteiger partial charge in [-0.1, -0.05) is 39.3 Å². The van der Waals surface area contributed by atoms with Gasteiger partial charge < -0.3 is 14.6 Å². The first-order valence-electron chi connectivity index (χ1n) is 15.8. The van der Waals surface area contributed by atoms with E-state index in [1.54, 1.807) is 0 Å². The Morgan fingerprint density at radius 1 is 0.946 bits per heavy atom. The standard InChI is InChI=1S/C34H56O3/c1-21(2)10-13-27-32(9,35)28-23-11-12-25-30(7)16-15-26(36-22(3)4)29(5,6)24(30)14-17-31(25,8)33(23)18-19-34(28,20-33)37-27/h10,22-28,35H,11-20H2,1-9H3/t23?,24?,25?,26-,27?,28?,30-,31?,32?,33?,34?/m0/s1. The van der Waals surface area contributed by atoms with E-state index in [0.717, 1.165) is 24.7 Å². The number of ether oxygens (including phenoxy) is 2. The lowest BCUT2D eigenvalue weighted by Crippen LogP contribution is -2.65. The van der Waals surface area contributed by atoms with Crippen LogP contribution in [0.1, 0.15) is 127 Å². The molecule has 3 heteroatoms. The van der Waals surface area contributed by atoms with Crippen LogP contribution < -0.4 is 0 Å². The first kappa shape index (κ1) is 26.8. The minimum Gasteiger partial charge on any atom is -0.387 e. The molecule has 6 aliphatic rings. The Bertz CT molecular complexity index is 960. The number of fused-ring (bicyclic) bond motifs is 4. The van der Waals surface area contributed by atoms with Gasteiger partial charge in [0.15, 0.2) is 0 Å². The van der Waals surface area contributed by atoms with Gasteiger partial charge in [-0.05, 0) is 138 Å². The first-order valence-corrected chi connectivity index (χ1v) is 15.8.